The largest absolute Gasteiger partial charge is 0.417 e. The molecular formula is C19H20N6O3. The van der Waals surface area contributed by atoms with Gasteiger partial charge in [0.05, 0.1) is 5.56 Å². The van der Waals surface area contributed by atoms with E-state index in [1.54, 1.807) is 18.0 Å². The summed E-state index contributed by atoms with van der Waals surface area (Å²) < 4.78 is 9.01. The summed E-state index contributed by atoms with van der Waals surface area (Å²) >= 11 is 0. The summed E-state index contributed by atoms with van der Waals surface area (Å²) in [4.78, 5) is 31.9. The quantitative estimate of drug-likeness (QED) is 0.662. The lowest BCUT2D eigenvalue weighted by Crippen LogP contribution is -2.49. The number of amides is 1. The zero-order chi connectivity index (χ0) is 19.4. The molecule has 0 unspecified atom stereocenters. The smallest absolute Gasteiger partial charge is 0.311 e. The van der Waals surface area contributed by atoms with Crippen LogP contribution in [0, 0.1) is 12.8 Å². The van der Waals surface area contributed by atoms with E-state index in [1.807, 2.05) is 34.5 Å². The van der Waals surface area contributed by atoms with Crippen LogP contribution in [0.3, 0.4) is 0 Å². The van der Waals surface area contributed by atoms with Gasteiger partial charge in [-0.25, -0.2) is 4.98 Å². The van der Waals surface area contributed by atoms with Gasteiger partial charge in [0, 0.05) is 57.6 Å². The van der Waals surface area contributed by atoms with E-state index in [2.05, 4.69) is 15.2 Å². The molecule has 0 N–H and O–H groups in total. The van der Waals surface area contributed by atoms with Gasteiger partial charge in [-0.05, 0) is 24.5 Å². The molecule has 144 valence electrons. The molecule has 3 aromatic rings. The third-order valence-electron chi connectivity index (χ3n) is 5.66. The predicted molar refractivity (Wildman–Crippen MR) is 98.7 cm³/mol. The number of imidazole rings is 1. The average molecular weight is 380 g/mol. The number of hydrogen-bond acceptors (Lipinski definition) is 6. The van der Waals surface area contributed by atoms with Crippen molar-refractivity contribution in [3.8, 4) is 11.4 Å². The zero-order valence-corrected chi connectivity index (χ0v) is 15.7. The Labute approximate surface area is 160 Å². The lowest BCUT2D eigenvalue weighted by molar-refractivity contribution is 0.0554. The molecule has 0 radical (unpaired) electrons. The van der Waals surface area contributed by atoms with Gasteiger partial charge in [-0.3, -0.25) is 9.59 Å². The average Bonchev–Trinajstić information content (AvgIpc) is 3.30. The SMILES string of the molecule is Cc1nnc(C(=O)N2C[C@@H]3C[C@H](C2)c2ccc(-c4nccn4C)c(=O)n2C3)o1. The van der Waals surface area contributed by atoms with Gasteiger partial charge in [0.15, 0.2) is 0 Å². The van der Waals surface area contributed by atoms with Crippen molar-refractivity contribution in [3.05, 3.63) is 52.4 Å². The number of pyridine rings is 1. The summed E-state index contributed by atoms with van der Waals surface area (Å²) in [7, 11) is 1.88. The van der Waals surface area contributed by atoms with Gasteiger partial charge in [0.1, 0.15) is 5.82 Å². The molecule has 9 heteroatoms. The van der Waals surface area contributed by atoms with Crippen LogP contribution in [0.5, 0.6) is 0 Å². The second kappa shape index (κ2) is 6.15. The van der Waals surface area contributed by atoms with Crippen molar-refractivity contribution >= 4 is 5.91 Å². The summed E-state index contributed by atoms with van der Waals surface area (Å²) in [6.45, 7) is 3.37. The number of rotatable bonds is 2. The number of piperidine rings is 1. The Morgan fingerprint density at radius 1 is 1.21 bits per heavy atom. The van der Waals surface area contributed by atoms with Crippen LogP contribution in [0.15, 0.2) is 33.7 Å². The van der Waals surface area contributed by atoms with Crippen LogP contribution in [0.1, 0.15) is 34.6 Å². The van der Waals surface area contributed by atoms with E-state index in [0.717, 1.165) is 12.1 Å². The fourth-order valence-corrected chi connectivity index (χ4v) is 4.43. The molecule has 0 aromatic carbocycles. The van der Waals surface area contributed by atoms with E-state index in [9.17, 15) is 9.59 Å². The third kappa shape index (κ3) is 2.57. The first-order chi connectivity index (χ1) is 13.5. The van der Waals surface area contributed by atoms with Crippen LogP contribution in [0.2, 0.25) is 0 Å². The van der Waals surface area contributed by atoms with E-state index in [4.69, 9.17) is 4.42 Å². The maximum absolute atomic E-state index is 13.1. The lowest BCUT2D eigenvalue weighted by Gasteiger charge is -2.42. The second-order valence-electron chi connectivity index (χ2n) is 7.58. The molecule has 2 aliphatic rings. The van der Waals surface area contributed by atoms with Crippen molar-refractivity contribution in [3.63, 3.8) is 0 Å². The predicted octanol–water partition coefficient (Wildman–Crippen LogP) is 1.20. The monoisotopic (exact) mass is 380 g/mol. The van der Waals surface area contributed by atoms with E-state index in [1.165, 1.54) is 0 Å². The first-order valence-corrected chi connectivity index (χ1v) is 9.32. The van der Waals surface area contributed by atoms with Crippen LogP contribution in [-0.4, -0.2) is 48.2 Å². The highest BCUT2D eigenvalue weighted by Gasteiger charge is 2.38. The minimum absolute atomic E-state index is 0.0196. The third-order valence-corrected chi connectivity index (χ3v) is 5.66. The minimum atomic E-state index is -0.240. The van der Waals surface area contributed by atoms with Gasteiger partial charge >= 0.3 is 11.8 Å². The van der Waals surface area contributed by atoms with E-state index < -0.39 is 0 Å². The lowest BCUT2D eigenvalue weighted by atomic mass is 9.83. The first kappa shape index (κ1) is 16.9. The number of fused-ring (bicyclic) bond motifs is 4. The fraction of sp³-hybridized carbons (Fsp3) is 0.421. The minimum Gasteiger partial charge on any atom is -0.417 e. The highest BCUT2D eigenvalue weighted by molar-refractivity contribution is 5.89. The Kier molecular flexibility index (Phi) is 3.71. The van der Waals surface area contributed by atoms with Crippen molar-refractivity contribution in [2.24, 2.45) is 13.0 Å². The van der Waals surface area contributed by atoms with Crippen LogP contribution >= 0.6 is 0 Å². The molecule has 2 atom stereocenters. The van der Waals surface area contributed by atoms with E-state index in [0.29, 0.717) is 36.9 Å². The maximum Gasteiger partial charge on any atom is 0.311 e. The number of likely N-dealkylation sites (tertiary alicyclic amines) is 1. The van der Waals surface area contributed by atoms with Crippen molar-refractivity contribution in [1.82, 2.24) is 29.2 Å². The molecule has 3 aromatic heterocycles. The van der Waals surface area contributed by atoms with Crippen LogP contribution < -0.4 is 5.56 Å². The van der Waals surface area contributed by atoms with E-state index >= 15 is 0 Å². The van der Waals surface area contributed by atoms with Crippen molar-refractivity contribution in [1.29, 1.82) is 0 Å². The molecule has 2 bridgehead atoms. The molecule has 5 heterocycles. The van der Waals surface area contributed by atoms with Crippen LogP contribution in [-0.2, 0) is 13.6 Å². The van der Waals surface area contributed by atoms with Crippen LogP contribution in [0.4, 0.5) is 0 Å². The van der Waals surface area contributed by atoms with E-state index in [-0.39, 0.29) is 29.2 Å². The normalized spacial score (nSPS) is 20.9. The Morgan fingerprint density at radius 2 is 2.07 bits per heavy atom. The molecular weight excluding hydrogens is 360 g/mol. The number of hydrogen-bond donors (Lipinski definition) is 0. The number of aryl methyl sites for hydroxylation is 2. The fourth-order valence-electron chi connectivity index (χ4n) is 4.43. The highest BCUT2D eigenvalue weighted by atomic mass is 16.4. The summed E-state index contributed by atoms with van der Waals surface area (Å²) in [5.74, 6) is 1.16. The molecule has 1 fully saturated rings. The Morgan fingerprint density at radius 3 is 2.79 bits per heavy atom. The maximum atomic E-state index is 13.1. The summed E-state index contributed by atoms with van der Waals surface area (Å²) in [5.41, 5.74) is 1.55. The van der Waals surface area contributed by atoms with Gasteiger partial charge < -0.3 is 18.5 Å². The topological polar surface area (TPSA) is 99.0 Å². The number of carbonyl (C=O) groups excluding carboxylic acids is 1. The van der Waals surface area contributed by atoms with Crippen molar-refractivity contribution in [2.75, 3.05) is 13.1 Å². The second-order valence-corrected chi connectivity index (χ2v) is 7.58. The summed E-state index contributed by atoms with van der Waals surface area (Å²) in [6, 6.07) is 3.84. The van der Waals surface area contributed by atoms with Gasteiger partial charge in [-0.1, -0.05) is 0 Å². The molecule has 1 saturated heterocycles. The molecule has 0 saturated carbocycles. The molecule has 1 amide bonds. The summed E-state index contributed by atoms with van der Waals surface area (Å²) in [5, 5.41) is 7.60. The van der Waals surface area contributed by atoms with Gasteiger partial charge in [0.25, 0.3) is 5.56 Å². The van der Waals surface area contributed by atoms with Gasteiger partial charge in [-0.15, -0.1) is 10.2 Å². The highest BCUT2D eigenvalue weighted by Crippen LogP contribution is 2.36. The molecule has 0 aliphatic carbocycles. The Hall–Kier alpha value is -3.23. The first-order valence-electron chi connectivity index (χ1n) is 9.32. The number of nitrogens with zero attached hydrogens (tertiary/aromatic N) is 6. The number of aromatic nitrogens is 5. The zero-order valence-electron chi connectivity index (χ0n) is 15.7. The van der Waals surface area contributed by atoms with Crippen LogP contribution in [0.25, 0.3) is 11.4 Å². The van der Waals surface area contributed by atoms with Crippen molar-refractivity contribution in [2.45, 2.75) is 25.8 Å². The Bertz CT molecular complexity index is 1130. The Balaban J connectivity index is 1.48. The summed E-state index contributed by atoms with van der Waals surface area (Å²) in [6.07, 6.45) is 4.49. The molecule has 28 heavy (non-hydrogen) atoms. The van der Waals surface area contributed by atoms with Gasteiger partial charge in [0.2, 0.25) is 5.89 Å². The number of carbonyl (C=O) groups is 1. The van der Waals surface area contributed by atoms with Gasteiger partial charge in [-0.2, -0.15) is 0 Å². The molecule has 5 rings (SSSR count). The molecule has 2 aliphatic heterocycles. The standard InChI is InChI=1S/C19H20N6O3/c1-11-21-22-17(28-11)19(27)24-8-12-7-13(10-24)15-4-3-14(18(26)25(15)9-12)16-20-5-6-23(16)2/h3-6,12-13H,7-10H2,1-2H3/t12-,13+/m0/s1. The molecule has 9 nitrogen and oxygen atoms in total. The van der Waals surface area contributed by atoms with Crippen molar-refractivity contribution < 1.29 is 9.21 Å². The molecule has 0 spiro atoms.